The minimum absolute atomic E-state index is 0.517. The average molecular weight is 265 g/mol. The molecule has 96 valence electrons. The molecule has 1 fully saturated rings. The number of imidazole rings is 1. The number of methoxy groups -OCH3 is 1. The molecule has 1 unspecified atom stereocenters. The smallest absolute Gasteiger partial charge is 0.215 e. The number of hydrogen-bond acceptors (Lipinski definition) is 4. The minimum Gasteiger partial charge on any atom is -0.481 e. The van der Waals surface area contributed by atoms with E-state index in [4.69, 9.17) is 21.7 Å². The number of aromatic nitrogens is 3. The molecule has 0 bridgehead atoms. The van der Waals surface area contributed by atoms with Crippen LogP contribution in [0, 0.1) is 10.7 Å². The summed E-state index contributed by atoms with van der Waals surface area (Å²) in [6, 6.07) is 3.77. The van der Waals surface area contributed by atoms with Crippen LogP contribution in [-0.2, 0) is 11.3 Å². The molecule has 0 saturated carbocycles. The van der Waals surface area contributed by atoms with Crippen LogP contribution in [0.3, 0.4) is 0 Å². The number of nitrogens with one attached hydrogen (secondary N) is 1. The van der Waals surface area contributed by atoms with E-state index in [9.17, 15) is 0 Å². The zero-order chi connectivity index (χ0) is 12.5. The third kappa shape index (κ3) is 2.02. The molecule has 3 heterocycles. The Morgan fingerprint density at radius 2 is 2.50 bits per heavy atom. The van der Waals surface area contributed by atoms with Crippen LogP contribution in [0.4, 0.5) is 0 Å². The van der Waals surface area contributed by atoms with Crippen molar-refractivity contribution in [3.05, 3.63) is 16.9 Å². The third-order valence-electron chi connectivity index (χ3n) is 3.27. The number of fused-ring (bicyclic) bond motifs is 1. The van der Waals surface area contributed by atoms with Gasteiger partial charge in [-0.15, -0.1) is 0 Å². The Morgan fingerprint density at radius 3 is 3.22 bits per heavy atom. The molecule has 2 aromatic heterocycles. The molecule has 0 aliphatic carbocycles. The zero-order valence-corrected chi connectivity index (χ0v) is 11.0. The van der Waals surface area contributed by atoms with Gasteiger partial charge in [0, 0.05) is 25.1 Å². The zero-order valence-electron chi connectivity index (χ0n) is 10.2. The Kier molecular flexibility index (Phi) is 3.05. The van der Waals surface area contributed by atoms with Gasteiger partial charge in [0.1, 0.15) is 0 Å². The second-order valence-electron chi connectivity index (χ2n) is 4.50. The SMILES string of the molecule is COc1ccc2[nH]c(=S)n(CC3CCOC3)c2n1. The van der Waals surface area contributed by atoms with Crippen LogP contribution in [0.25, 0.3) is 11.2 Å². The molecule has 1 saturated heterocycles. The molecule has 0 aromatic carbocycles. The Balaban J connectivity index is 2.02. The van der Waals surface area contributed by atoms with Crippen molar-refractivity contribution in [2.45, 2.75) is 13.0 Å². The first kappa shape index (κ1) is 11.7. The van der Waals surface area contributed by atoms with Crippen LogP contribution in [-0.4, -0.2) is 34.9 Å². The summed E-state index contributed by atoms with van der Waals surface area (Å²) < 4.78 is 13.3. The number of H-pyrrole nitrogens is 1. The van der Waals surface area contributed by atoms with E-state index in [0.717, 1.165) is 37.3 Å². The quantitative estimate of drug-likeness (QED) is 0.864. The van der Waals surface area contributed by atoms with Crippen LogP contribution in [0.1, 0.15) is 6.42 Å². The molecule has 1 aliphatic rings. The van der Waals surface area contributed by atoms with E-state index >= 15 is 0 Å². The van der Waals surface area contributed by atoms with Crippen LogP contribution in [0.5, 0.6) is 5.88 Å². The van der Waals surface area contributed by atoms with E-state index in [1.165, 1.54) is 0 Å². The van der Waals surface area contributed by atoms with Gasteiger partial charge in [0.2, 0.25) is 5.88 Å². The lowest BCUT2D eigenvalue weighted by Gasteiger charge is -2.09. The highest BCUT2D eigenvalue weighted by molar-refractivity contribution is 7.71. The van der Waals surface area contributed by atoms with E-state index in [0.29, 0.717) is 16.6 Å². The summed E-state index contributed by atoms with van der Waals surface area (Å²) in [7, 11) is 1.62. The lowest BCUT2D eigenvalue weighted by molar-refractivity contribution is 0.182. The maximum Gasteiger partial charge on any atom is 0.215 e. The van der Waals surface area contributed by atoms with Crippen LogP contribution < -0.4 is 4.74 Å². The van der Waals surface area contributed by atoms with Crippen molar-refractivity contribution < 1.29 is 9.47 Å². The molecule has 3 rings (SSSR count). The van der Waals surface area contributed by atoms with Gasteiger partial charge in [0.25, 0.3) is 0 Å². The number of nitrogens with zero attached hydrogens (tertiary/aromatic N) is 2. The predicted octanol–water partition coefficient (Wildman–Crippen LogP) is 2.14. The van der Waals surface area contributed by atoms with Gasteiger partial charge in [-0.05, 0) is 24.7 Å². The van der Waals surface area contributed by atoms with Crippen molar-refractivity contribution >= 4 is 23.4 Å². The molecular weight excluding hydrogens is 250 g/mol. The van der Waals surface area contributed by atoms with Gasteiger partial charge in [-0.25, -0.2) is 0 Å². The Bertz CT molecular complexity index is 613. The van der Waals surface area contributed by atoms with E-state index < -0.39 is 0 Å². The summed E-state index contributed by atoms with van der Waals surface area (Å²) in [5.41, 5.74) is 1.80. The molecule has 0 spiro atoms. The van der Waals surface area contributed by atoms with Crippen LogP contribution in [0.15, 0.2) is 12.1 Å². The van der Waals surface area contributed by atoms with Gasteiger partial charge in [0.15, 0.2) is 10.4 Å². The van der Waals surface area contributed by atoms with Crippen molar-refractivity contribution in [2.75, 3.05) is 20.3 Å². The first-order valence-corrected chi connectivity index (χ1v) is 6.40. The van der Waals surface area contributed by atoms with Crippen molar-refractivity contribution in [1.82, 2.24) is 14.5 Å². The molecule has 0 radical (unpaired) electrons. The summed E-state index contributed by atoms with van der Waals surface area (Å²) in [6.45, 7) is 2.49. The highest BCUT2D eigenvalue weighted by Crippen LogP contribution is 2.20. The lowest BCUT2D eigenvalue weighted by atomic mass is 10.1. The Hall–Kier alpha value is -1.40. The maximum atomic E-state index is 5.40. The van der Waals surface area contributed by atoms with E-state index in [-0.39, 0.29) is 0 Å². The van der Waals surface area contributed by atoms with E-state index in [1.54, 1.807) is 7.11 Å². The highest BCUT2D eigenvalue weighted by atomic mass is 32.1. The minimum atomic E-state index is 0.517. The normalized spacial score (nSPS) is 19.5. The number of ether oxygens (including phenoxy) is 2. The first-order chi connectivity index (χ1) is 8.78. The molecule has 1 aliphatic heterocycles. The third-order valence-corrected chi connectivity index (χ3v) is 3.59. The van der Waals surface area contributed by atoms with E-state index in [1.807, 2.05) is 16.7 Å². The van der Waals surface area contributed by atoms with Gasteiger partial charge in [-0.2, -0.15) is 4.98 Å². The molecule has 1 N–H and O–H groups in total. The number of hydrogen-bond donors (Lipinski definition) is 1. The van der Waals surface area contributed by atoms with Crippen molar-refractivity contribution in [1.29, 1.82) is 0 Å². The second kappa shape index (κ2) is 4.70. The summed E-state index contributed by atoms with van der Waals surface area (Å²) in [4.78, 5) is 7.63. The standard InChI is InChI=1S/C12H15N3O2S/c1-16-10-3-2-9-11(14-10)15(12(18)13-9)6-8-4-5-17-7-8/h2-3,8H,4-7H2,1H3,(H,13,18). The number of pyridine rings is 1. The van der Waals surface area contributed by atoms with Crippen molar-refractivity contribution in [3.63, 3.8) is 0 Å². The van der Waals surface area contributed by atoms with Gasteiger partial charge in [-0.3, -0.25) is 0 Å². The van der Waals surface area contributed by atoms with Crippen LogP contribution >= 0.6 is 12.2 Å². The second-order valence-corrected chi connectivity index (χ2v) is 4.88. The summed E-state index contributed by atoms with van der Waals surface area (Å²) in [5, 5.41) is 0. The summed E-state index contributed by atoms with van der Waals surface area (Å²) in [6.07, 6.45) is 1.08. The van der Waals surface area contributed by atoms with Gasteiger partial charge < -0.3 is 19.0 Å². The topological polar surface area (TPSA) is 52.1 Å². The number of rotatable bonds is 3. The molecule has 6 heteroatoms. The van der Waals surface area contributed by atoms with Gasteiger partial charge >= 0.3 is 0 Å². The Labute approximate surface area is 110 Å². The molecular formula is C12H15N3O2S. The van der Waals surface area contributed by atoms with Crippen LogP contribution in [0.2, 0.25) is 0 Å². The Morgan fingerprint density at radius 1 is 1.61 bits per heavy atom. The molecule has 0 amide bonds. The molecule has 5 nitrogen and oxygen atoms in total. The van der Waals surface area contributed by atoms with E-state index in [2.05, 4.69) is 9.97 Å². The van der Waals surface area contributed by atoms with Gasteiger partial charge in [0.05, 0.1) is 19.2 Å². The lowest BCUT2D eigenvalue weighted by Crippen LogP contribution is -2.11. The van der Waals surface area contributed by atoms with Gasteiger partial charge in [-0.1, -0.05) is 0 Å². The highest BCUT2D eigenvalue weighted by Gasteiger charge is 2.18. The first-order valence-electron chi connectivity index (χ1n) is 5.99. The number of aromatic amines is 1. The maximum absolute atomic E-state index is 5.40. The van der Waals surface area contributed by atoms with Crippen molar-refractivity contribution in [3.8, 4) is 5.88 Å². The molecule has 1 atom stereocenters. The fraction of sp³-hybridized carbons (Fsp3) is 0.500. The predicted molar refractivity (Wildman–Crippen MR) is 70.4 cm³/mol. The summed E-state index contributed by atoms with van der Waals surface area (Å²) in [5.74, 6) is 1.12. The molecule has 2 aromatic rings. The fourth-order valence-electron chi connectivity index (χ4n) is 2.28. The largest absolute Gasteiger partial charge is 0.481 e. The molecule has 18 heavy (non-hydrogen) atoms. The van der Waals surface area contributed by atoms with Crippen molar-refractivity contribution in [2.24, 2.45) is 5.92 Å². The fourth-order valence-corrected chi connectivity index (χ4v) is 2.55. The monoisotopic (exact) mass is 265 g/mol. The summed E-state index contributed by atoms with van der Waals surface area (Å²) >= 11 is 5.35. The average Bonchev–Trinajstić information content (AvgIpc) is 2.99.